The Morgan fingerprint density at radius 3 is 2.72 bits per heavy atom. The fraction of sp³-hybridized carbons (Fsp3) is 0.0909. The number of rotatable bonds is 5. The quantitative estimate of drug-likeness (QED) is 0.279. The zero-order valence-corrected chi connectivity index (χ0v) is 16.6. The molecule has 3 heterocycles. The Morgan fingerprint density at radius 2 is 1.97 bits per heavy atom. The second-order valence-corrected chi connectivity index (χ2v) is 7.37. The van der Waals surface area contributed by atoms with Crippen molar-refractivity contribution in [3.05, 3.63) is 82.6 Å². The molecule has 144 valence electrons. The van der Waals surface area contributed by atoms with Gasteiger partial charge >= 0.3 is 5.97 Å². The van der Waals surface area contributed by atoms with Crippen molar-refractivity contribution >= 4 is 39.4 Å². The van der Waals surface area contributed by atoms with Crippen LogP contribution in [0.15, 0.2) is 61.1 Å². The van der Waals surface area contributed by atoms with Gasteiger partial charge in [-0.05, 0) is 42.8 Å². The minimum atomic E-state index is -0.395. The first-order valence-electron chi connectivity index (χ1n) is 8.87. The number of fused-ring (bicyclic) bond motifs is 1. The van der Waals surface area contributed by atoms with Crippen LogP contribution in [0.3, 0.4) is 0 Å². The van der Waals surface area contributed by atoms with Gasteiger partial charge in [0.05, 0.1) is 19.0 Å². The van der Waals surface area contributed by atoms with Gasteiger partial charge in [-0.15, -0.1) is 11.3 Å². The minimum absolute atomic E-state index is 0.169. The van der Waals surface area contributed by atoms with Crippen molar-refractivity contribution in [1.29, 1.82) is 0 Å². The number of carbonyl (C=O) groups is 2. The molecule has 4 aromatic rings. The van der Waals surface area contributed by atoms with Gasteiger partial charge in [-0.25, -0.2) is 14.5 Å². The Morgan fingerprint density at radius 1 is 1.17 bits per heavy atom. The molecule has 0 aliphatic rings. The smallest absolute Gasteiger partial charge is 0.348 e. The number of para-hydroxylation sites is 1. The molecule has 3 aromatic heterocycles. The van der Waals surface area contributed by atoms with E-state index in [0.29, 0.717) is 15.3 Å². The summed E-state index contributed by atoms with van der Waals surface area (Å²) in [4.78, 5) is 30.0. The summed E-state index contributed by atoms with van der Waals surface area (Å²) in [6.07, 6.45) is 8.30. The fourth-order valence-corrected chi connectivity index (χ4v) is 3.98. The SMILES string of the molecule is COC(=O)c1sc2ncc(C(=O)/C=C/c3cnn(-c4ccccc4)c3)cc2c1C. The largest absolute Gasteiger partial charge is 0.465 e. The lowest BCUT2D eigenvalue weighted by molar-refractivity contribution is 0.0605. The normalized spacial score (nSPS) is 11.2. The molecule has 0 aliphatic heterocycles. The first kappa shape index (κ1) is 18.8. The van der Waals surface area contributed by atoms with E-state index in [1.54, 1.807) is 23.0 Å². The average molecular weight is 403 g/mol. The highest BCUT2D eigenvalue weighted by atomic mass is 32.1. The van der Waals surface area contributed by atoms with E-state index in [0.717, 1.165) is 22.2 Å². The molecular weight excluding hydrogens is 386 g/mol. The van der Waals surface area contributed by atoms with E-state index < -0.39 is 5.97 Å². The van der Waals surface area contributed by atoms with Crippen LogP contribution in [0.5, 0.6) is 0 Å². The number of ether oxygens (including phenoxy) is 1. The number of allylic oxidation sites excluding steroid dienone is 1. The summed E-state index contributed by atoms with van der Waals surface area (Å²) in [6.45, 7) is 1.83. The molecule has 0 atom stereocenters. The number of aryl methyl sites for hydroxylation is 1. The number of carbonyl (C=O) groups excluding carboxylic acids is 2. The summed E-state index contributed by atoms with van der Waals surface area (Å²) in [7, 11) is 1.35. The Labute approximate surface area is 171 Å². The summed E-state index contributed by atoms with van der Waals surface area (Å²) in [5, 5.41) is 5.10. The lowest BCUT2D eigenvalue weighted by Crippen LogP contribution is -1.99. The first-order valence-corrected chi connectivity index (χ1v) is 9.68. The van der Waals surface area contributed by atoms with Crippen LogP contribution < -0.4 is 0 Å². The highest BCUT2D eigenvalue weighted by Crippen LogP contribution is 2.30. The van der Waals surface area contributed by atoms with Crippen LogP contribution in [0.1, 0.15) is 31.2 Å². The zero-order chi connectivity index (χ0) is 20.4. The molecule has 0 fully saturated rings. The maximum absolute atomic E-state index is 12.6. The van der Waals surface area contributed by atoms with Gasteiger partial charge in [-0.3, -0.25) is 4.79 Å². The molecule has 0 radical (unpaired) electrons. The number of nitrogens with zero attached hydrogens (tertiary/aromatic N) is 3. The summed E-state index contributed by atoms with van der Waals surface area (Å²) in [5.41, 5.74) is 2.99. The number of hydrogen-bond acceptors (Lipinski definition) is 6. The van der Waals surface area contributed by atoms with Crippen molar-refractivity contribution in [2.45, 2.75) is 6.92 Å². The Kier molecular flexibility index (Phi) is 5.05. The monoisotopic (exact) mass is 403 g/mol. The molecule has 0 unspecified atom stereocenters. The summed E-state index contributed by atoms with van der Waals surface area (Å²) < 4.78 is 6.55. The van der Waals surface area contributed by atoms with Crippen molar-refractivity contribution in [2.75, 3.05) is 7.11 Å². The molecule has 0 spiro atoms. The van der Waals surface area contributed by atoms with E-state index >= 15 is 0 Å². The molecule has 1 aromatic carbocycles. The Balaban J connectivity index is 1.57. The van der Waals surface area contributed by atoms with Gasteiger partial charge < -0.3 is 4.74 Å². The second-order valence-electron chi connectivity index (χ2n) is 6.38. The van der Waals surface area contributed by atoms with Crippen LogP contribution in [-0.4, -0.2) is 33.6 Å². The van der Waals surface area contributed by atoms with Crippen molar-refractivity contribution in [3.63, 3.8) is 0 Å². The molecule has 4 rings (SSSR count). The lowest BCUT2D eigenvalue weighted by Gasteiger charge is -1.98. The second kappa shape index (κ2) is 7.81. The highest BCUT2D eigenvalue weighted by molar-refractivity contribution is 7.20. The number of thiophene rings is 1. The fourth-order valence-electron chi connectivity index (χ4n) is 2.93. The van der Waals surface area contributed by atoms with Crippen LogP contribution >= 0.6 is 11.3 Å². The van der Waals surface area contributed by atoms with Gasteiger partial charge in [-0.2, -0.15) is 5.10 Å². The predicted molar refractivity (Wildman–Crippen MR) is 113 cm³/mol. The number of hydrogen-bond donors (Lipinski definition) is 0. The van der Waals surface area contributed by atoms with E-state index in [9.17, 15) is 9.59 Å². The molecule has 29 heavy (non-hydrogen) atoms. The standard InChI is InChI=1S/C22H17N3O3S/c1-14-18-10-16(12-23-21(18)29-20(14)22(27)28-2)19(26)9-8-15-11-24-25(13-15)17-6-4-3-5-7-17/h3-13H,1-2H3/b9-8+. The summed E-state index contributed by atoms with van der Waals surface area (Å²) in [5.74, 6) is -0.564. The van der Waals surface area contributed by atoms with Crippen molar-refractivity contribution in [2.24, 2.45) is 0 Å². The number of esters is 1. The van der Waals surface area contributed by atoms with Crippen molar-refractivity contribution < 1.29 is 14.3 Å². The zero-order valence-electron chi connectivity index (χ0n) is 15.8. The maximum Gasteiger partial charge on any atom is 0.348 e. The molecule has 0 saturated carbocycles. The summed E-state index contributed by atoms with van der Waals surface area (Å²) >= 11 is 1.26. The van der Waals surface area contributed by atoms with E-state index in [4.69, 9.17) is 4.74 Å². The summed E-state index contributed by atoms with van der Waals surface area (Å²) in [6, 6.07) is 11.5. The number of aromatic nitrogens is 3. The molecule has 6 nitrogen and oxygen atoms in total. The molecule has 0 saturated heterocycles. The first-order chi connectivity index (χ1) is 14.1. The van der Waals surface area contributed by atoms with E-state index in [2.05, 4.69) is 10.1 Å². The maximum atomic E-state index is 12.6. The lowest BCUT2D eigenvalue weighted by atomic mass is 10.1. The molecule has 0 N–H and O–H groups in total. The third-order valence-corrected chi connectivity index (χ3v) is 5.70. The molecular formula is C22H17N3O3S. The number of methoxy groups -OCH3 is 1. The molecule has 0 amide bonds. The Bertz CT molecular complexity index is 1240. The molecule has 0 bridgehead atoms. The average Bonchev–Trinajstić information content (AvgIpc) is 3.37. The van der Waals surface area contributed by atoms with Gasteiger partial charge in [0, 0.05) is 28.9 Å². The third kappa shape index (κ3) is 3.72. The van der Waals surface area contributed by atoms with Gasteiger partial charge in [-0.1, -0.05) is 18.2 Å². The van der Waals surface area contributed by atoms with E-state index in [1.807, 2.05) is 43.5 Å². The predicted octanol–water partition coefficient (Wildman–Crippen LogP) is 4.47. The minimum Gasteiger partial charge on any atom is -0.465 e. The number of pyridine rings is 1. The Hall–Kier alpha value is -3.58. The van der Waals surface area contributed by atoms with E-state index in [1.165, 1.54) is 30.7 Å². The third-order valence-electron chi connectivity index (χ3n) is 4.50. The molecule has 7 heteroatoms. The van der Waals surface area contributed by atoms with Crippen LogP contribution in [0, 0.1) is 6.92 Å². The number of benzene rings is 1. The van der Waals surface area contributed by atoms with Crippen LogP contribution in [-0.2, 0) is 4.74 Å². The van der Waals surface area contributed by atoms with Crippen LogP contribution in [0.2, 0.25) is 0 Å². The van der Waals surface area contributed by atoms with Crippen molar-refractivity contribution in [3.8, 4) is 5.69 Å². The van der Waals surface area contributed by atoms with Gasteiger partial charge in [0.1, 0.15) is 9.71 Å². The van der Waals surface area contributed by atoms with Crippen LogP contribution in [0.4, 0.5) is 0 Å². The van der Waals surface area contributed by atoms with Crippen LogP contribution in [0.25, 0.3) is 22.0 Å². The van der Waals surface area contributed by atoms with Crippen molar-refractivity contribution in [1.82, 2.24) is 14.8 Å². The van der Waals surface area contributed by atoms with Gasteiger partial charge in [0.15, 0.2) is 5.78 Å². The van der Waals surface area contributed by atoms with Gasteiger partial charge in [0.2, 0.25) is 0 Å². The van der Waals surface area contributed by atoms with Gasteiger partial charge in [0.25, 0.3) is 0 Å². The highest BCUT2D eigenvalue weighted by Gasteiger charge is 2.17. The number of ketones is 1. The van der Waals surface area contributed by atoms with E-state index in [-0.39, 0.29) is 5.78 Å². The topological polar surface area (TPSA) is 74.1 Å². The molecule has 0 aliphatic carbocycles.